The zero-order valence-electron chi connectivity index (χ0n) is 16.5. The molecule has 1 atom stereocenters. The van der Waals surface area contributed by atoms with Crippen LogP contribution in [0.15, 0.2) is 30.3 Å². The van der Waals surface area contributed by atoms with Crippen LogP contribution in [0.25, 0.3) is 0 Å². The van der Waals surface area contributed by atoms with Gasteiger partial charge in [-0.1, -0.05) is 31.5 Å². The number of thiophene rings is 1. The fraction of sp³-hybridized carbons (Fsp3) is 0.409. The van der Waals surface area contributed by atoms with E-state index in [4.69, 9.17) is 5.11 Å². The summed E-state index contributed by atoms with van der Waals surface area (Å²) in [5, 5.41) is 15.1. The van der Waals surface area contributed by atoms with Crippen molar-refractivity contribution >= 4 is 39.8 Å². The number of para-hydroxylation sites is 1. The minimum atomic E-state index is -0.919. The zero-order valence-corrected chi connectivity index (χ0v) is 17.3. The molecule has 2 aromatic rings. The predicted octanol–water partition coefficient (Wildman–Crippen LogP) is 4.71. The molecule has 3 N–H and O–H groups in total. The van der Waals surface area contributed by atoms with Gasteiger partial charge in [0.25, 0.3) is 5.91 Å². The molecule has 0 saturated heterocycles. The number of nitrogens with one attached hydrogen (secondary N) is 2. The molecule has 2 amide bonds. The second kappa shape index (κ2) is 9.69. The van der Waals surface area contributed by atoms with Gasteiger partial charge in [0.1, 0.15) is 5.00 Å². The molecule has 3 rings (SSSR count). The third-order valence-electron chi connectivity index (χ3n) is 5.25. The summed E-state index contributed by atoms with van der Waals surface area (Å²) in [7, 11) is 0. The second-order valence-electron chi connectivity index (χ2n) is 7.34. The normalized spacial score (nSPS) is 15.4. The van der Waals surface area contributed by atoms with Gasteiger partial charge in [0.15, 0.2) is 0 Å². The van der Waals surface area contributed by atoms with Crippen LogP contribution in [0, 0.1) is 5.92 Å². The summed E-state index contributed by atoms with van der Waals surface area (Å²) in [6.07, 6.45) is 4.24. The van der Waals surface area contributed by atoms with Crippen molar-refractivity contribution in [2.75, 3.05) is 10.6 Å². The van der Waals surface area contributed by atoms with Gasteiger partial charge in [0, 0.05) is 23.4 Å². The molecule has 1 aliphatic carbocycles. The first-order valence-corrected chi connectivity index (χ1v) is 10.8. The Hall–Kier alpha value is -2.67. The molecule has 1 aromatic heterocycles. The molecule has 29 heavy (non-hydrogen) atoms. The largest absolute Gasteiger partial charge is 0.481 e. The fourth-order valence-electron chi connectivity index (χ4n) is 3.64. The van der Waals surface area contributed by atoms with Crippen molar-refractivity contribution in [1.82, 2.24) is 0 Å². The van der Waals surface area contributed by atoms with Gasteiger partial charge < -0.3 is 15.7 Å². The minimum Gasteiger partial charge on any atom is -0.481 e. The summed E-state index contributed by atoms with van der Waals surface area (Å²) >= 11 is 1.48. The van der Waals surface area contributed by atoms with Crippen molar-refractivity contribution < 1.29 is 19.5 Å². The minimum absolute atomic E-state index is 0.0477. The third kappa shape index (κ3) is 5.44. The van der Waals surface area contributed by atoms with E-state index in [0.717, 1.165) is 31.2 Å². The lowest BCUT2D eigenvalue weighted by Gasteiger charge is -2.21. The predicted molar refractivity (Wildman–Crippen MR) is 115 cm³/mol. The molecule has 6 nitrogen and oxygen atoms in total. The summed E-state index contributed by atoms with van der Waals surface area (Å²) in [5.74, 6) is -0.793. The van der Waals surface area contributed by atoms with E-state index in [2.05, 4.69) is 17.6 Å². The Morgan fingerprint density at radius 2 is 1.90 bits per heavy atom. The first kappa shape index (κ1) is 21.0. The van der Waals surface area contributed by atoms with Gasteiger partial charge in [-0.25, -0.2) is 0 Å². The second-order valence-corrected chi connectivity index (χ2v) is 8.45. The van der Waals surface area contributed by atoms with Gasteiger partial charge in [-0.3, -0.25) is 14.4 Å². The van der Waals surface area contributed by atoms with Crippen LogP contribution >= 0.6 is 11.3 Å². The molecule has 0 aliphatic heterocycles. The van der Waals surface area contributed by atoms with Crippen LogP contribution in [0.4, 0.5) is 10.7 Å². The van der Waals surface area contributed by atoms with Gasteiger partial charge in [0.2, 0.25) is 5.91 Å². The van der Waals surface area contributed by atoms with Crippen molar-refractivity contribution in [1.29, 1.82) is 0 Å². The van der Waals surface area contributed by atoms with Crippen LogP contribution in [0.1, 0.15) is 59.8 Å². The summed E-state index contributed by atoms with van der Waals surface area (Å²) in [6.45, 7) is 2.18. The number of carbonyl (C=O) groups excluding carboxylic acids is 2. The first-order valence-electron chi connectivity index (χ1n) is 10.0. The van der Waals surface area contributed by atoms with Crippen molar-refractivity contribution in [2.45, 2.75) is 51.9 Å². The number of carboxylic acid groups (broad SMARTS) is 1. The zero-order chi connectivity index (χ0) is 20.8. The Kier molecular flexibility index (Phi) is 7.04. The van der Waals surface area contributed by atoms with E-state index < -0.39 is 5.97 Å². The Morgan fingerprint density at radius 1 is 1.14 bits per heavy atom. The van der Waals surface area contributed by atoms with Crippen LogP contribution < -0.4 is 10.6 Å². The van der Waals surface area contributed by atoms with Gasteiger partial charge in [-0.2, -0.15) is 0 Å². The van der Waals surface area contributed by atoms with E-state index >= 15 is 0 Å². The average Bonchev–Trinajstić information content (AvgIpc) is 3.05. The Morgan fingerprint density at radius 3 is 2.59 bits per heavy atom. The van der Waals surface area contributed by atoms with E-state index in [-0.39, 0.29) is 31.1 Å². The summed E-state index contributed by atoms with van der Waals surface area (Å²) < 4.78 is 0. The van der Waals surface area contributed by atoms with Crippen LogP contribution in [0.5, 0.6) is 0 Å². The van der Waals surface area contributed by atoms with E-state index in [0.29, 0.717) is 22.2 Å². The molecule has 0 fully saturated rings. The van der Waals surface area contributed by atoms with Crippen LogP contribution in [-0.2, 0) is 22.4 Å². The van der Waals surface area contributed by atoms with E-state index in [9.17, 15) is 14.4 Å². The fourth-order valence-corrected chi connectivity index (χ4v) is 5.01. The number of carboxylic acids is 1. The molecular weight excluding hydrogens is 388 g/mol. The molecule has 1 heterocycles. The Balaban J connectivity index is 1.82. The van der Waals surface area contributed by atoms with Gasteiger partial charge in [-0.05, 0) is 49.3 Å². The van der Waals surface area contributed by atoms with E-state index in [1.165, 1.54) is 16.2 Å². The molecule has 1 aliphatic rings. The molecule has 0 bridgehead atoms. The van der Waals surface area contributed by atoms with E-state index in [1.807, 2.05) is 30.3 Å². The third-order valence-corrected chi connectivity index (χ3v) is 6.42. The molecule has 0 spiro atoms. The lowest BCUT2D eigenvalue weighted by molar-refractivity contribution is -0.137. The summed E-state index contributed by atoms with van der Waals surface area (Å²) in [5.41, 5.74) is 2.29. The highest BCUT2D eigenvalue weighted by Crippen LogP contribution is 2.40. The standard InChI is InChI=1S/C22H26N2O4S/c1-2-14-11-12-16-17(13-14)29-22(24-18(25)9-6-10-19(26)27)20(16)21(28)23-15-7-4-3-5-8-15/h3-5,7-8,14H,2,6,9-13H2,1H3,(H,23,28)(H,24,25)(H,26,27). The number of anilines is 2. The number of carbonyl (C=O) groups is 3. The van der Waals surface area contributed by atoms with Gasteiger partial charge in [-0.15, -0.1) is 11.3 Å². The molecule has 1 unspecified atom stereocenters. The Bertz CT molecular complexity index is 892. The number of fused-ring (bicyclic) bond motifs is 1. The van der Waals surface area contributed by atoms with Crippen molar-refractivity contribution in [2.24, 2.45) is 5.92 Å². The average molecular weight is 415 g/mol. The first-order chi connectivity index (χ1) is 14.0. The molecule has 0 radical (unpaired) electrons. The maximum Gasteiger partial charge on any atom is 0.303 e. The highest BCUT2D eigenvalue weighted by atomic mass is 32.1. The molecule has 154 valence electrons. The SMILES string of the molecule is CCC1CCc2c(sc(NC(=O)CCCC(=O)O)c2C(=O)Nc2ccccc2)C1. The Labute approximate surface area is 174 Å². The highest BCUT2D eigenvalue weighted by Gasteiger charge is 2.29. The van der Waals surface area contributed by atoms with Crippen LogP contribution in [0.2, 0.25) is 0 Å². The molecule has 0 saturated carbocycles. The number of hydrogen-bond acceptors (Lipinski definition) is 4. The maximum absolute atomic E-state index is 13.1. The lowest BCUT2D eigenvalue weighted by atomic mass is 9.85. The smallest absolute Gasteiger partial charge is 0.303 e. The summed E-state index contributed by atoms with van der Waals surface area (Å²) in [6, 6.07) is 9.25. The topological polar surface area (TPSA) is 95.5 Å². The van der Waals surface area contributed by atoms with Crippen molar-refractivity contribution in [3.8, 4) is 0 Å². The summed E-state index contributed by atoms with van der Waals surface area (Å²) in [4.78, 5) is 37.2. The molecule has 1 aromatic carbocycles. The monoisotopic (exact) mass is 414 g/mol. The maximum atomic E-state index is 13.1. The quantitative estimate of drug-likeness (QED) is 0.583. The van der Waals surface area contributed by atoms with E-state index in [1.54, 1.807) is 0 Å². The number of hydrogen-bond donors (Lipinski definition) is 3. The lowest BCUT2D eigenvalue weighted by Crippen LogP contribution is -2.19. The highest BCUT2D eigenvalue weighted by molar-refractivity contribution is 7.17. The molecular formula is C22H26N2O4S. The van der Waals surface area contributed by atoms with Gasteiger partial charge in [0.05, 0.1) is 5.56 Å². The number of rotatable bonds is 8. The van der Waals surface area contributed by atoms with Gasteiger partial charge >= 0.3 is 5.97 Å². The number of amides is 2. The van der Waals surface area contributed by atoms with Crippen LogP contribution in [0.3, 0.4) is 0 Å². The number of aliphatic carboxylic acids is 1. The number of benzene rings is 1. The van der Waals surface area contributed by atoms with Crippen molar-refractivity contribution in [3.63, 3.8) is 0 Å². The van der Waals surface area contributed by atoms with Crippen molar-refractivity contribution in [3.05, 3.63) is 46.3 Å². The molecule has 7 heteroatoms. The van der Waals surface area contributed by atoms with Crippen LogP contribution in [-0.4, -0.2) is 22.9 Å².